The molecule has 7 heteroatoms. The summed E-state index contributed by atoms with van der Waals surface area (Å²) in [5.74, 6) is 1.76. The molecule has 0 saturated heterocycles. The molecule has 7 nitrogen and oxygen atoms in total. The number of hydrogen-bond acceptors (Lipinski definition) is 5. The molecule has 2 aromatic heterocycles. The van der Waals surface area contributed by atoms with E-state index < -0.39 is 0 Å². The van der Waals surface area contributed by atoms with Crippen molar-refractivity contribution < 1.29 is 14.3 Å². The lowest BCUT2D eigenvalue weighted by molar-refractivity contribution is 0.102. The highest BCUT2D eigenvalue weighted by Gasteiger charge is 2.11. The molecule has 0 bridgehead atoms. The van der Waals surface area contributed by atoms with Gasteiger partial charge in [0.05, 0.1) is 18.8 Å². The summed E-state index contributed by atoms with van der Waals surface area (Å²) in [5, 5.41) is 2.88. The first-order valence-electron chi connectivity index (χ1n) is 9.36. The molecular weight excluding hydrogens is 356 g/mol. The number of aromatic nitrogens is 3. The molecular formula is C21H24N4O3. The van der Waals surface area contributed by atoms with Gasteiger partial charge >= 0.3 is 0 Å². The third-order valence-electron chi connectivity index (χ3n) is 3.90. The van der Waals surface area contributed by atoms with E-state index in [0.717, 1.165) is 12.8 Å². The molecule has 0 unspecified atom stereocenters. The monoisotopic (exact) mass is 380 g/mol. The number of amides is 1. The highest BCUT2D eigenvalue weighted by atomic mass is 16.5. The van der Waals surface area contributed by atoms with E-state index in [4.69, 9.17) is 9.47 Å². The van der Waals surface area contributed by atoms with E-state index in [1.807, 2.05) is 19.9 Å². The Morgan fingerprint density at radius 2 is 1.86 bits per heavy atom. The summed E-state index contributed by atoms with van der Waals surface area (Å²) in [7, 11) is 0. The Bertz CT molecular complexity index is 893. The Kier molecular flexibility index (Phi) is 6.62. The van der Waals surface area contributed by atoms with Gasteiger partial charge < -0.3 is 14.8 Å². The average Bonchev–Trinajstić information content (AvgIpc) is 3.26. The molecule has 0 atom stereocenters. The minimum atomic E-state index is -0.242. The molecule has 0 fully saturated rings. The topological polar surface area (TPSA) is 78.3 Å². The van der Waals surface area contributed by atoms with Crippen LogP contribution in [0.1, 0.15) is 37.0 Å². The van der Waals surface area contributed by atoms with Crippen molar-refractivity contribution >= 4 is 11.6 Å². The second-order valence-electron chi connectivity index (χ2n) is 6.19. The number of nitrogens with zero attached hydrogens (tertiary/aromatic N) is 3. The highest BCUT2D eigenvalue weighted by molar-refractivity contribution is 6.04. The molecule has 28 heavy (non-hydrogen) atoms. The molecule has 0 aliphatic rings. The van der Waals surface area contributed by atoms with Gasteiger partial charge in [-0.2, -0.15) is 0 Å². The molecule has 1 aromatic carbocycles. The van der Waals surface area contributed by atoms with Gasteiger partial charge in [-0.25, -0.2) is 9.97 Å². The van der Waals surface area contributed by atoms with Crippen LogP contribution in [0.2, 0.25) is 0 Å². The fraction of sp³-hybridized carbons (Fsp3) is 0.286. The summed E-state index contributed by atoms with van der Waals surface area (Å²) in [6.07, 6.45) is 8.46. The van der Waals surface area contributed by atoms with Gasteiger partial charge in [-0.1, -0.05) is 13.8 Å². The molecule has 0 aliphatic heterocycles. The van der Waals surface area contributed by atoms with Gasteiger partial charge in [0, 0.05) is 30.3 Å². The number of hydrogen-bond donors (Lipinski definition) is 1. The van der Waals surface area contributed by atoms with Gasteiger partial charge in [0.25, 0.3) is 5.91 Å². The minimum absolute atomic E-state index is 0.242. The fourth-order valence-electron chi connectivity index (χ4n) is 2.51. The van der Waals surface area contributed by atoms with Crippen molar-refractivity contribution in [3.8, 4) is 17.3 Å². The molecule has 3 aromatic rings. The first kappa shape index (κ1) is 19.4. The zero-order chi connectivity index (χ0) is 19.8. The summed E-state index contributed by atoms with van der Waals surface area (Å²) in [5.41, 5.74) is 1.10. The maximum atomic E-state index is 12.6. The van der Waals surface area contributed by atoms with Crippen molar-refractivity contribution in [1.29, 1.82) is 0 Å². The molecule has 0 aliphatic carbocycles. The summed E-state index contributed by atoms with van der Waals surface area (Å²) in [6, 6.07) is 8.90. The van der Waals surface area contributed by atoms with Crippen LogP contribution in [0, 0.1) is 0 Å². The summed E-state index contributed by atoms with van der Waals surface area (Å²) in [6.45, 7) is 5.29. The first-order chi connectivity index (χ1) is 13.7. The maximum absolute atomic E-state index is 12.6. The number of ether oxygens (including phenoxy) is 2. The number of nitrogens with one attached hydrogen (secondary N) is 1. The second-order valence-corrected chi connectivity index (χ2v) is 6.19. The normalized spacial score (nSPS) is 10.5. The van der Waals surface area contributed by atoms with Crippen molar-refractivity contribution in [2.75, 3.05) is 18.5 Å². The molecule has 3 rings (SSSR count). The third kappa shape index (κ3) is 4.88. The van der Waals surface area contributed by atoms with Crippen molar-refractivity contribution in [2.24, 2.45) is 0 Å². The molecule has 146 valence electrons. The van der Waals surface area contributed by atoms with Gasteiger partial charge in [0.2, 0.25) is 0 Å². The smallest absolute Gasteiger partial charge is 0.257 e. The lowest BCUT2D eigenvalue weighted by Gasteiger charge is -2.14. The van der Waals surface area contributed by atoms with Crippen molar-refractivity contribution in [2.45, 2.75) is 26.7 Å². The number of carbonyl (C=O) groups is 1. The Hall–Kier alpha value is -3.35. The van der Waals surface area contributed by atoms with Crippen LogP contribution in [0.25, 0.3) is 5.82 Å². The van der Waals surface area contributed by atoms with Crippen LogP contribution in [-0.4, -0.2) is 33.7 Å². The molecule has 2 heterocycles. The van der Waals surface area contributed by atoms with Crippen molar-refractivity contribution in [3.05, 3.63) is 60.8 Å². The number of pyridine rings is 1. The lowest BCUT2D eigenvalue weighted by Crippen LogP contribution is -2.13. The summed E-state index contributed by atoms with van der Waals surface area (Å²) >= 11 is 0. The Balaban J connectivity index is 1.72. The van der Waals surface area contributed by atoms with Gasteiger partial charge in [0.15, 0.2) is 11.5 Å². The van der Waals surface area contributed by atoms with Crippen LogP contribution < -0.4 is 14.8 Å². The molecule has 1 N–H and O–H groups in total. The predicted molar refractivity (Wildman–Crippen MR) is 107 cm³/mol. The van der Waals surface area contributed by atoms with Crippen LogP contribution in [0.15, 0.2) is 55.2 Å². The van der Waals surface area contributed by atoms with Crippen LogP contribution in [-0.2, 0) is 0 Å². The van der Waals surface area contributed by atoms with E-state index in [2.05, 4.69) is 15.3 Å². The second kappa shape index (κ2) is 9.55. The van der Waals surface area contributed by atoms with Gasteiger partial charge in [-0.15, -0.1) is 0 Å². The van der Waals surface area contributed by atoms with E-state index in [1.165, 1.54) is 6.20 Å². The van der Waals surface area contributed by atoms with E-state index >= 15 is 0 Å². The molecule has 0 saturated carbocycles. The standard InChI is InChI=1S/C21H24N4O3/c1-3-11-27-18-7-6-17(13-19(18)28-12-4-2)24-21(26)16-5-8-20(23-14-16)25-10-9-22-15-25/h5-10,13-15H,3-4,11-12H2,1-2H3,(H,24,26). The van der Waals surface area contributed by atoms with Gasteiger partial charge in [-0.3, -0.25) is 9.36 Å². The van der Waals surface area contributed by atoms with Crippen LogP contribution in [0.4, 0.5) is 5.69 Å². The molecule has 0 spiro atoms. The highest BCUT2D eigenvalue weighted by Crippen LogP contribution is 2.31. The number of benzene rings is 1. The number of anilines is 1. The number of carbonyl (C=O) groups excluding carboxylic acids is 1. The summed E-state index contributed by atoms with van der Waals surface area (Å²) in [4.78, 5) is 20.8. The van der Waals surface area contributed by atoms with E-state index in [-0.39, 0.29) is 5.91 Å². The SMILES string of the molecule is CCCOc1ccc(NC(=O)c2ccc(-n3ccnc3)nc2)cc1OCCC. The minimum Gasteiger partial charge on any atom is -0.490 e. The largest absolute Gasteiger partial charge is 0.490 e. The van der Waals surface area contributed by atoms with Gasteiger partial charge in [0.1, 0.15) is 12.1 Å². The predicted octanol–water partition coefficient (Wildman–Crippen LogP) is 4.10. The van der Waals surface area contributed by atoms with Crippen LogP contribution in [0.3, 0.4) is 0 Å². The maximum Gasteiger partial charge on any atom is 0.257 e. The molecule has 0 radical (unpaired) electrons. The van der Waals surface area contributed by atoms with Crippen molar-refractivity contribution in [1.82, 2.24) is 14.5 Å². The van der Waals surface area contributed by atoms with Crippen LogP contribution >= 0.6 is 0 Å². The van der Waals surface area contributed by atoms with E-state index in [9.17, 15) is 4.79 Å². The number of imidazole rings is 1. The zero-order valence-electron chi connectivity index (χ0n) is 16.1. The Labute approximate surface area is 164 Å². The van der Waals surface area contributed by atoms with E-state index in [1.54, 1.807) is 47.6 Å². The fourth-order valence-corrected chi connectivity index (χ4v) is 2.51. The van der Waals surface area contributed by atoms with E-state index in [0.29, 0.717) is 41.8 Å². The van der Waals surface area contributed by atoms with Gasteiger partial charge in [-0.05, 0) is 37.1 Å². The van der Waals surface area contributed by atoms with Crippen LogP contribution in [0.5, 0.6) is 11.5 Å². The number of rotatable bonds is 9. The van der Waals surface area contributed by atoms with Crippen molar-refractivity contribution in [3.63, 3.8) is 0 Å². The third-order valence-corrected chi connectivity index (χ3v) is 3.90. The summed E-state index contributed by atoms with van der Waals surface area (Å²) < 4.78 is 13.3. The average molecular weight is 380 g/mol. The first-order valence-corrected chi connectivity index (χ1v) is 9.36. The molecule has 1 amide bonds. The lowest BCUT2D eigenvalue weighted by atomic mass is 10.2. The Morgan fingerprint density at radius 1 is 1.07 bits per heavy atom. The quantitative estimate of drug-likeness (QED) is 0.605. The zero-order valence-corrected chi connectivity index (χ0v) is 16.1. The Morgan fingerprint density at radius 3 is 2.50 bits per heavy atom.